The largest absolute Gasteiger partial charge is 0.465 e. The minimum absolute atomic E-state index is 0.274. The summed E-state index contributed by atoms with van der Waals surface area (Å²) in [6, 6.07) is 11.3. The van der Waals surface area contributed by atoms with Crippen molar-refractivity contribution in [2.24, 2.45) is 0 Å². The fraction of sp³-hybridized carbons (Fsp3) is 0.375. The van der Waals surface area contributed by atoms with Crippen LogP contribution in [0.3, 0.4) is 0 Å². The molecule has 0 heterocycles. The Balaban J connectivity index is 3.10. The van der Waals surface area contributed by atoms with E-state index in [1.807, 2.05) is 18.2 Å². The Morgan fingerprint density at radius 2 is 2.16 bits per heavy atom. The number of esters is 1. The maximum absolute atomic E-state index is 12.2. The molecule has 0 radical (unpaired) electrons. The van der Waals surface area contributed by atoms with Crippen LogP contribution in [-0.4, -0.2) is 12.6 Å². The third-order valence-corrected chi connectivity index (χ3v) is 3.04. The van der Waals surface area contributed by atoms with Crippen LogP contribution < -0.4 is 0 Å². The number of hydrogen-bond donors (Lipinski definition) is 0. The normalized spacial score (nSPS) is 13.1. The fourth-order valence-corrected chi connectivity index (χ4v) is 2.02. The van der Waals surface area contributed by atoms with E-state index >= 15 is 0 Å². The summed E-state index contributed by atoms with van der Waals surface area (Å²) < 4.78 is 5.10. The number of unbranched alkanes of at least 4 members (excludes halogenated alkanes) is 1. The highest BCUT2D eigenvalue weighted by Gasteiger charge is 2.41. The number of benzene rings is 1. The van der Waals surface area contributed by atoms with Crippen LogP contribution in [0.25, 0.3) is 0 Å². The van der Waals surface area contributed by atoms with Crippen molar-refractivity contribution in [2.75, 3.05) is 6.61 Å². The summed E-state index contributed by atoms with van der Waals surface area (Å²) in [6.45, 7) is 5.68. The van der Waals surface area contributed by atoms with Crippen LogP contribution in [0.2, 0.25) is 0 Å². The molecule has 1 unspecified atom stereocenters. The van der Waals surface area contributed by atoms with Gasteiger partial charge in [0.15, 0.2) is 5.41 Å². The number of nitrogens with zero attached hydrogens (tertiary/aromatic N) is 1. The lowest BCUT2D eigenvalue weighted by atomic mass is 9.77. The van der Waals surface area contributed by atoms with Crippen LogP contribution in [0.15, 0.2) is 43.0 Å². The monoisotopic (exact) mass is 257 g/mol. The second-order valence-electron chi connectivity index (χ2n) is 4.28. The smallest absolute Gasteiger partial charge is 0.331 e. The Morgan fingerprint density at radius 3 is 2.68 bits per heavy atom. The van der Waals surface area contributed by atoms with Crippen molar-refractivity contribution >= 4 is 5.97 Å². The molecule has 0 saturated heterocycles. The van der Waals surface area contributed by atoms with Crippen molar-refractivity contribution in [2.45, 2.75) is 31.6 Å². The van der Waals surface area contributed by atoms with Crippen molar-refractivity contribution in [3.63, 3.8) is 0 Å². The van der Waals surface area contributed by atoms with Gasteiger partial charge < -0.3 is 4.74 Å². The summed E-state index contributed by atoms with van der Waals surface area (Å²) in [5, 5.41) is 9.55. The van der Waals surface area contributed by atoms with E-state index in [1.54, 1.807) is 25.1 Å². The molecular formula is C16H19NO2. The first-order chi connectivity index (χ1) is 9.21. The van der Waals surface area contributed by atoms with Gasteiger partial charge in [-0.25, -0.2) is 4.79 Å². The third kappa shape index (κ3) is 3.45. The van der Waals surface area contributed by atoms with Crippen LogP contribution in [-0.2, 0) is 14.9 Å². The van der Waals surface area contributed by atoms with Crippen LogP contribution in [0, 0.1) is 11.3 Å². The van der Waals surface area contributed by atoms with Crippen molar-refractivity contribution in [1.82, 2.24) is 0 Å². The average molecular weight is 257 g/mol. The van der Waals surface area contributed by atoms with Crippen LogP contribution in [0.4, 0.5) is 0 Å². The highest BCUT2D eigenvalue weighted by atomic mass is 16.5. The summed E-state index contributed by atoms with van der Waals surface area (Å²) in [5.41, 5.74) is -0.514. The van der Waals surface area contributed by atoms with Gasteiger partial charge in [0.2, 0.25) is 0 Å². The van der Waals surface area contributed by atoms with Crippen molar-refractivity contribution in [3.05, 3.63) is 48.6 Å². The van der Waals surface area contributed by atoms with Gasteiger partial charge >= 0.3 is 5.97 Å². The summed E-state index contributed by atoms with van der Waals surface area (Å²) in [7, 11) is 0. The summed E-state index contributed by atoms with van der Waals surface area (Å²) >= 11 is 0. The van der Waals surface area contributed by atoms with Gasteiger partial charge in [0.1, 0.15) is 0 Å². The molecular weight excluding hydrogens is 238 g/mol. The third-order valence-electron chi connectivity index (χ3n) is 3.04. The molecule has 0 aliphatic carbocycles. The highest BCUT2D eigenvalue weighted by molar-refractivity contribution is 5.86. The SMILES string of the molecule is C=CCCCC(C#N)(C(=O)OCC)c1ccccc1. The van der Waals surface area contributed by atoms with Gasteiger partial charge in [0.05, 0.1) is 12.7 Å². The summed E-state index contributed by atoms with van der Waals surface area (Å²) in [4.78, 5) is 12.2. The van der Waals surface area contributed by atoms with Crippen molar-refractivity contribution in [3.8, 4) is 6.07 Å². The molecule has 0 amide bonds. The van der Waals surface area contributed by atoms with E-state index in [4.69, 9.17) is 4.74 Å². The lowest BCUT2D eigenvalue weighted by Crippen LogP contribution is -2.36. The molecule has 1 aromatic carbocycles. The van der Waals surface area contributed by atoms with Crippen molar-refractivity contribution < 1.29 is 9.53 Å². The topological polar surface area (TPSA) is 50.1 Å². The van der Waals surface area contributed by atoms with Gasteiger partial charge in [-0.15, -0.1) is 6.58 Å². The van der Waals surface area contributed by atoms with E-state index in [-0.39, 0.29) is 6.61 Å². The molecule has 19 heavy (non-hydrogen) atoms. The number of ether oxygens (including phenoxy) is 1. The molecule has 3 nitrogen and oxygen atoms in total. The van der Waals surface area contributed by atoms with E-state index in [0.29, 0.717) is 12.0 Å². The number of carbonyl (C=O) groups is 1. The van der Waals surface area contributed by atoms with Gasteiger partial charge in [-0.2, -0.15) is 5.26 Å². The van der Waals surface area contributed by atoms with Crippen LogP contribution in [0.5, 0.6) is 0 Å². The second kappa shape index (κ2) is 7.38. The molecule has 0 spiro atoms. The predicted molar refractivity (Wildman–Crippen MR) is 74.4 cm³/mol. The van der Waals surface area contributed by atoms with Gasteiger partial charge in [-0.3, -0.25) is 0 Å². The fourth-order valence-electron chi connectivity index (χ4n) is 2.02. The molecule has 0 aromatic heterocycles. The molecule has 0 fully saturated rings. The number of allylic oxidation sites excluding steroid dienone is 1. The minimum atomic E-state index is -1.21. The second-order valence-corrected chi connectivity index (χ2v) is 4.28. The van der Waals surface area contributed by atoms with Gasteiger partial charge in [0.25, 0.3) is 0 Å². The summed E-state index contributed by atoms with van der Waals surface area (Å²) in [6.07, 6.45) is 3.73. The zero-order chi connectivity index (χ0) is 14.1. The standard InChI is InChI=1S/C16H19NO2/c1-3-5-9-12-16(13-17,15(18)19-4-2)14-10-7-6-8-11-14/h3,6-8,10-11H,1,4-5,9,12H2,2H3. The Hall–Kier alpha value is -2.08. The number of carbonyl (C=O) groups excluding carboxylic acids is 1. The molecule has 1 aromatic rings. The van der Waals surface area contributed by atoms with Gasteiger partial charge in [-0.1, -0.05) is 36.4 Å². The highest BCUT2D eigenvalue weighted by Crippen LogP contribution is 2.31. The minimum Gasteiger partial charge on any atom is -0.465 e. The Kier molecular flexibility index (Phi) is 5.81. The molecule has 1 rings (SSSR count). The van der Waals surface area contributed by atoms with Gasteiger partial charge in [0, 0.05) is 0 Å². The molecule has 0 aliphatic rings. The van der Waals surface area contributed by atoms with Gasteiger partial charge in [-0.05, 0) is 31.7 Å². The van der Waals surface area contributed by atoms with Crippen LogP contribution >= 0.6 is 0 Å². The predicted octanol–water partition coefficient (Wildman–Crippen LogP) is 3.37. The number of rotatable bonds is 7. The number of nitriles is 1. The zero-order valence-corrected chi connectivity index (χ0v) is 11.3. The van der Waals surface area contributed by atoms with E-state index in [0.717, 1.165) is 12.8 Å². The first kappa shape index (κ1) is 15.0. The molecule has 0 bridgehead atoms. The Labute approximate surface area is 114 Å². The first-order valence-electron chi connectivity index (χ1n) is 6.46. The van der Waals surface area contributed by atoms with Crippen LogP contribution in [0.1, 0.15) is 31.7 Å². The number of hydrogen-bond acceptors (Lipinski definition) is 3. The van der Waals surface area contributed by atoms with E-state index < -0.39 is 11.4 Å². The summed E-state index contributed by atoms with van der Waals surface area (Å²) in [5.74, 6) is -0.465. The maximum Gasteiger partial charge on any atom is 0.331 e. The quantitative estimate of drug-likeness (QED) is 0.427. The van der Waals surface area contributed by atoms with E-state index in [9.17, 15) is 10.1 Å². The molecule has 3 heteroatoms. The molecule has 100 valence electrons. The maximum atomic E-state index is 12.2. The van der Waals surface area contributed by atoms with E-state index in [2.05, 4.69) is 12.6 Å². The molecule has 0 N–H and O–H groups in total. The Bertz CT molecular complexity index is 461. The zero-order valence-electron chi connectivity index (χ0n) is 11.3. The van der Waals surface area contributed by atoms with E-state index in [1.165, 1.54) is 0 Å². The first-order valence-corrected chi connectivity index (χ1v) is 6.46. The van der Waals surface area contributed by atoms with Crippen molar-refractivity contribution in [1.29, 1.82) is 5.26 Å². The molecule has 0 saturated carbocycles. The molecule has 1 atom stereocenters. The molecule has 0 aliphatic heterocycles. The lowest BCUT2D eigenvalue weighted by molar-refractivity contribution is -0.148. The Morgan fingerprint density at radius 1 is 1.47 bits per heavy atom. The average Bonchev–Trinajstić information content (AvgIpc) is 2.45. The lowest BCUT2D eigenvalue weighted by Gasteiger charge is -2.24.